The molecule has 162 valence electrons. The summed E-state index contributed by atoms with van der Waals surface area (Å²) in [6.45, 7) is 6.52. The summed E-state index contributed by atoms with van der Waals surface area (Å²) in [6, 6.07) is 7.37. The number of nitrogens with one attached hydrogen (secondary N) is 1. The first-order valence-corrected chi connectivity index (χ1v) is 9.75. The van der Waals surface area contributed by atoms with Gasteiger partial charge in [-0.05, 0) is 58.0 Å². The van der Waals surface area contributed by atoms with E-state index in [0.717, 1.165) is 0 Å². The molecule has 0 unspecified atom stereocenters. The van der Waals surface area contributed by atoms with Crippen LogP contribution in [0.3, 0.4) is 0 Å². The number of ether oxygens (including phenoxy) is 1. The summed E-state index contributed by atoms with van der Waals surface area (Å²) in [7, 11) is 0. The number of hydrogen-bond donors (Lipinski definition) is 4. The van der Waals surface area contributed by atoms with Gasteiger partial charge in [-0.1, -0.05) is 0 Å². The number of aromatic nitrogens is 1. The fourth-order valence-corrected chi connectivity index (χ4v) is 3.25. The fourth-order valence-electron chi connectivity index (χ4n) is 3.25. The molecule has 1 aliphatic rings. The first kappa shape index (κ1) is 22.1. The minimum atomic E-state index is -1.43. The lowest BCUT2D eigenvalue weighted by Gasteiger charge is -2.27. The van der Waals surface area contributed by atoms with Gasteiger partial charge < -0.3 is 26.0 Å². The molecule has 2 aromatic rings. The van der Waals surface area contributed by atoms with E-state index in [1.807, 2.05) is 0 Å². The predicted octanol–water partition coefficient (Wildman–Crippen LogP) is 1.59. The van der Waals surface area contributed by atoms with E-state index in [4.69, 9.17) is 10.5 Å². The maximum atomic E-state index is 13.4. The van der Waals surface area contributed by atoms with Gasteiger partial charge in [0.1, 0.15) is 34.9 Å². The van der Waals surface area contributed by atoms with Crippen LogP contribution < -0.4 is 15.8 Å². The molecule has 8 heteroatoms. The Morgan fingerprint density at radius 2 is 1.93 bits per heavy atom. The maximum absolute atomic E-state index is 13.4. The zero-order valence-corrected chi connectivity index (χ0v) is 17.6. The van der Waals surface area contributed by atoms with Crippen molar-refractivity contribution >= 4 is 5.91 Å². The number of carbonyl (C=O) groups is 1. The third-order valence-electron chi connectivity index (χ3n) is 5.32. The molecule has 0 saturated heterocycles. The third-order valence-corrected chi connectivity index (χ3v) is 5.32. The van der Waals surface area contributed by atoms with Gasteiger partial charge >= 0.3 is 0 Å². The molecule has 2 heterocycles. The van der Waals surface area contributed by atoms with Crippen molar-refractivity contribution in [1.29, 1.82) is 0 Å². The predicted molar refractivity (Wildman–Crippen MR) is 110 cm³/mol. The van der Waals surface area contributed by atoms with Gasteiger partial charge in [-0.2, -0.15) is 0 Å². The van der Waals surface area contributed by atoms with Crippen LogP contribution in [0.5, 0.6) is 5.75 Å². The van der Waals surface area contributed by atoms with E-state index < -0.39 is 22.4 Å². The van der Waals surface area contributed by atoms with Crippen molar-refractivity contribution in [3.8, 4) is 17.0 Å². The zero-order chi connectivity index (χ0) is 22.3. The van der Waals surface area contributed by atoms with Gasteiger partial charge in [0, 0.05) is 24.2 Å². The van der Waals surface area contributed by atoms with Gasteiger partial charge in [-0.15, -0.1) is 0 Å². The zero-order valence-electron chi connectivity index (χ0n) is 17.6. The molecule has 1 aromatic heterocycles. The van der Waals surface area contributed by atoms with Crippen molar-refractivity contribution in [2.24, 2.45) is 5.73 Å². The van der Waals surface area contributed by atoms with Gasteiger partial charge in [0.25, 0.3) is 0 Å². The monoisotopic (exact) mass is 417 g/mol. The average molecular weight is 417 g/mol. The summed E-state index contributed by atoms with van der Waals surface area (Å²) >= 11 is 0. The third kappa shape index (κ3) is 4.16. The lowest BCUT2D eigenvalue weighted by Crippen LogP contribution is -2.48. The molecular formula is C22H28FN3O4. The van der Waals surface area contributed by atoms with E-state index in [0.29, 0.717) is 22.6 Å². The Morgan fingerprint density at radius 3 is 2.50 bits per heavy atom. The second kappa shape index (κ2) is 7.61. The number of hydrogen-bond acceptors (Lipinski definition) is 6. The highest BCUT2D eigenvalue weighted by molar-refractivity contribution is 5.91. The van der Waals surface area contributed by atoms with Crippen LogP contribution in [0.2, 0.25) is 0 Å². The summed E-state index contributed by atoms with van der Waals surface area (Å²) in [5.41, 5.74) is 3.98. The van der Waals surface area contributed by atoms with Crippen molar-refractivity contribution in [2.45, 2.75) is 44.3 Å². The standard InChI is InChI=1S/C22H28FN3O4/c1-20(2,28)11-25-19(27)21(3)12-30-18-15(21)9-16(22(4,29)10-24)26-17(18)13-5-7-14(23)8-6-13/h5-9,28-29H,10-12,24H2,1-4H3,(H,25,27)/t21-,22-/m0/s1. The highest BCUT2D eigenvalue weighted by Crippen LogP contribution is 2.45. The Hall–Kier alpha value is -2.55. The number of carbonyl (C=O) groups excluding carboxylic acids is 1. The first-order valence-electron chi connectivity index (χ1n) is 9.75. The lowest BCUT2D eigenvalue weighted by molar-refractivity contribution is -0.127. The number of amides is 1. The molecule has 0 fully saturated rings. The first-order chi connectivity index (χ1) is 13.9. The van der Waals surface area contributed by atoms with Crippen LogP contribution in [0.1, 0.15) is 39.0 Å². The number of nitrogens with two attached hydrogens (primary N) is 1. The van der Waals surface area contributed by atoms with Crippen molar-refractivity contribution in [3.63, 3.8) is 0 Å². The Balaban J connectivity index is 2.14. The van der Waals surface area contributed by atoms with E-state index in [1.54, 1.807) is 39.0 Å². The Kier molecular flexibility index (Phi) is 5.62. The molecule has 1 aliphatic heterocycles. The number of fused-ring (bicyclic) bond motifs is 1. The van der Waals surface area contributed by atoms with Crippen molar-refractivity contribution in [2.75, 3.05) is 19.7 Å². The Labute approximate surface area is 175 Å². The SMILES string of the molecule is CC(C)(O)CNC(=O)[C@@]1(C)COc2c1cc([C@@](C)(O)CN)nc2-c1ccc(F)cc1. The molecule has 0 bridgehead atoms. The molecule has 0 spiro atoms. The highest BCUT2D eigenvalue weighted by atomic mass is 19.1. The second-order valence-electron chi connectivity index (χ2n) is 8.83. The van der Waals surface area contributed by atoms with Crippen LogP contribution in [0, 0.1) is 5.82 Å². The van der Waals surface area contributed by atoms with Gasteiger partial charge in [0.05, 0.1) is 11.3 Å². The van der Waals surface area contributed by atoms with Crippen LogP contribution in [0.15, 0.2) is 30.3 Å². The molecule has 3 rings (SSSR count). The number of nitrogens with zero attached hydrogens (tertiary/aromatic N) is 1. The lowest BCUT2D eigenvalue weighted by atomic mass is 9.81. The summed E-state index contributed by atoms with van der Waals surface area (Å²) in [5.74, 6) is -0.311. The van der Waals surface area contributed by atoms with Crippen LogP contribution >= 0.6 is 0 Å². The normalized spacial score (nSPS) is 20.3. The van der Waals surface area contributed by atoms with E-state index in [2.05, 4.69) is 10.3 Å². The topological polar surface area (TPSA) is 118 Å². The van der Waals surface area contributed by atoms with E-state index in [1.165, 1.54) is 19.1 Å². The molecule has 1 aromatic carbocycles. The quantitative estimate of drug-likeness (QED) is 0.567. The van der Waals surface area contributed by atoms with E-state index in [-0.39, 0.29) is 31.3 Å². The van der Waals surface area contributed by atoms with Gasteiger partial charge in [0.15, 0.2) is 0 Å². The molecule has 0 aliphatic carbocycles. The number of halogens is 1. The minimum absolute atomic E-state index is 0.0596. The fraction of sp³-hybridized carbons (Fsp3) is 0.455. The molecule has 0 saturated carbocycles. The largest absolute Gasteiger partial charge is 0.489 e. The van der Waals surface area contributed by atoms with Crippen LogP contribution in [0.4, 0.5) is 4.39 Å². The minimum Gasteiger partial charge on any atom is -0.489 e. The molecule has 30 heavy (non-hydrogen) atoms. The maximum Gasteiger partial charge on any atom is 0.234 e. The molecule has 7 nitrogen and oxygen atoms in total. The molecular weight excluding hydrogens is 389 g/mol. The highest BCUT2D eigenvalue weighted by Gasteiger charge is 2.46. The van der Waals surface area contributed by atoms with Gasteiger partial charge in [-0.3, -0.25) is 4.79 Å². The Bertz CT molecular complexity index is 954. The van der Waals surface area contributed by atoms with Crippen molar-refractivity contribution in [3.05, 3.63) is 47.4 Å². The summed E-state index contributed by atoms with van der Waals surface area (Å²) in [4.78, 5) is 17.6. The smallest absolute Gasteiger partial charge is 0.234 e. The number of aliphatic hydroxyl groups is 2. The average Bonchev–Trinajstić information content (AvgIpc) is 3.03. The van der Waals surface area contributed by atoms with Gasteiger partial charge in [0.2, 0.25) is 5.91 Å². The van der Waals surface area contributed by atoms with Crippen LogP contribution in [-0.2, 0) is 15.8 Å². The molecule has 5 N–H and O–H groups in total. The number of pyridine rings is 1. The molecule has 1 amide bonds. The molecule has 2 atom stereocenters. The Morgan fingerprint density at radius 1 is 1.30 bits per heavy atom. The van der Waals surface area contributed by atoms with Gasteiger partial charge in [-0.25, -0.2) is 9.37 Å². The van der Waals surface area contributed by atoms with Crippen molar-refractivity contribution in [1.82, 2.24) is 10.3 Å². The summed E-state index contributed by atoms with van der Waals surface area (Å²) in [6.07, 6.45) is 0. The van der Waals surface area contributed by atoms with Crippen LogP contribution in [-0.4, -0.2) is 46.4 Å². The number of benzene rings is 1. The van der Waals surface area contributed by atoms with Crippen LogP contribution in [0.25, 0.3) is 11.3 Å². The number of rotatable bonds is 6. The van der Waals surface area contributed by atoms with Crippen molar-refractivity contribution < 1.29 is 24.1 Å². The van der Waals surface area contributed by atoms with E-state index >= 15 is 0 Å². The molecule has 0 radical (unpaired) electrons. The second-order valence-corrected chi connectivity index (χ2v) is 8.83. The summed E-state index contributed by atoms with van der Waals surface area (Å²) < 4.78 is 19.3. The summed E-state index contributed by atoms with van der Waals surface area (Å²) in [5, 5.41) is 23.4. The van der Waals surface area contributed by atoms with E-state index in [9.17, 15) is 19.4 Å².